The van der Waals surface area contributed by atoms with Gasteiger partial charge in [-0.25, -0.2) is 0 Å². The summed E-state index contributed by atoms with van der Waals surface area (Å²) < 4.78 is 3.57. The molecule has 64 valence electrons. The number of carbonyl (C=O) groups is 1. The van der Waals surface area contributed by atoms with Crippen LogP contribution in [0.5, 0.6) is 0 Å². The molecule has 0 heterocycles. The zero-order valence-corrected chi connectivity index (χ0v) is 8.55. The van der Waals surface area contributed by atoms with E-state index >= 15 is 0 Å². The Balaban J connectivity index is 2.53. The molecule has 0 atom stereocenters. The van der Waals surface area contributed by atoms with E-state index in [1.165, 1.54) is 0 Å². The molecule has 2 amide bonds. The van der Waals surface area contributed by atoms with Crippen molar-refractivity contribution in [1.82, 2.24) is 4.33 Å². The Bertz CT molecular complexity index is 275. The van der Waals surface area contributed by atoms with E-state index in [9.17, 15) is 4.79 Å². The minimum absolute atomic E-state index is 0.101. The molecule has 1 aromatic carbocycles. The van der Waals surface area contributed by atoms with Gasteiger partial charge < -0.3 is 0 Å². The molecule has 0 aromatic heterocycles. The van der Waals surface area contributed by atoms with Crippen LogP contribution in [0.2, 0.25) is 5.02 Å². The molecule has 5 heteroatoms. The van der Waals surface area contributed by atoms with Gasteiger partial charge in [-0.2, -0.15) is 0 Å². The number of urea groups is 1. The summed E-state index contributed by atoms with van der Waals surface area (Å²) in [5.41, 5.74) is 4.91. The third-order valence-electron chi connectivity index (χ3n) is 1.08. The average Bonchev–Trinajstić information content (AvgIpc) is 2.03. The molecule has 0 saturated carbocycles. The predicted molar refractivity (Wildman–Crippen MR) is 49.6 cm³/mol. The second kappa shape index (κ2) is 4.36. The van der Waals surface area contributed by atoms with Crippen LogP contribution in [0.1, 0.15) is 0 Å². The van der Waals surface area contributed by atoms with Gasteiger partial charge in [0.2, 0.25) is 0 Å². The third-order valence-corrected chi connectivity index (χ3v) is 3.04. The van der Waals surface area contributed by atoms with Gasteiger partial charge in [0.1, 0.15) is 0 Å². The molecule has 12 heavy (non-hydrogen) atoms. The summed E-state index contributed by atoms with van der Waals surface area (Å²) in [5.74, 6) is 0. The van der Waals surface area contributed by atoms with Gasteiger partial charge in [-0.3, -0.25) is 0 Å². The van der Waals surface area contributed by atoms with Gasteiger partial charge in [0.25, 0.3) is 0 Å². The predicted octanol–water partition coefficient (Wildman–Crippen LogP) is 0.253. The molecule has 0 radical (unpaired) electrons. The number of rotatable bonds is 2. The summed E-state index contributed by atoms with van der Waals surface area (Å²) in [7, 11) is 0. The summed E-state index contributed by atoms with van der Waals surface area (Å²) >= 11 is 5.57. The molecule has 0 aliphatic heterocycles. The average molecular weight is 250 g/mol. The van der Waals surface area contributed by atoms with Crippen molar-refractivity contribution < 1.29 is 4.79 Å². The number of benzene rings is 1. The summed E-state index contributed by atoms with van der Waals surface area (Å²) in [4.78, 5) is 10.3. The zero-order valence-electron chi connectivity index (χ0n) is 6.08. The number of hydrogen-bond acceptors (Lipinski definition) is 1. The van der Waals surface area contributed by atoms with Crippen molar-refractivity contribution >= 4 is 37.3 Å². The summed E-state index contributed by atoms with van der Waals surface area (Å²) in [6.07, 6.45) is 0. The van der Waals surface area contributed by atoms with Crippen molar-refractivity contribution in [2.75, 3.05) is 0 Å². The summed E-state index contributed by atoms with van der Waals surface area (Å²) in [6.45, 7) is 0. The second-order valence-electron chi connectivity index (χ2n) is 2.02. The maximum atomic E-state index is 10.3. The van der Waals surface area contributed by atoms with Gasteiger partial charge in [0.15, 0.2) is 0 Å². The molecule has 0 spiro atoms. The Labute approximate surface area is 81.6 Å². The quantitative estimate of drug-likeness (QED) is 0.726. The summed E-state index contributed by atoms with van der Waals surface area (Å²) in [6, 6.07) is 6.78. The molecular weight excluding hydrogens is 243 g/mol. The fraction of sp³-hybridized carbons (Fsp3) is 0. The minimum atomic E-state index is -0.495. The topological polar surface area (TPSA) is 55.1 Å². The van der Waals surface area contributed by atoms with Crippen LogP contribution in [0.3, 0.4) is 0 Å². The number of halogens is 1. The number of carbonyl (C=O) groups excluding carboxylic acids is 1. The van der Waals surface area contributed by atoms with Crippen molar-refractivity contribution in [2.45, 2.75) is 0 Å². The van der Waals surface area contributed by atoms with Gasteiger partial charge in [0, 0.05) is 0 Å². The Hall–Kier alpha value is -0.701. The number of amides is 2. The van der Waals surface area contributed by atoms with Crippen molar-refractivity contribution in [2.24, 2.45) is 5.73 Å². The van der Waals surface area contributed by atoms with Gasteiger partial charge in [0.05, 0.1) is 0 Å². The monoisotopic (exact) mass is 250 g/mol. The van der Waals surface area contributed by atoms with Gasteiger partial charge >= 0.3 is 81.4 Å². The van der Waals surface area contributed by atoms with E-state index in [2.05, 4.69) is 4.33 Å². The van der Waals surface area contributed by atoms with Crippen LogP contribution in [-0.4, -0.2) is 21.2 Å². The molecule has 3 nitrogen and oxygen atoms in total. The van der Waals surface area contributed by atoms with Crippen molar-refractivity contribution in [3.8, 4) is 0 Å². The number of nitrogens with two attached hydrogens (primary N) is 1. The summed E-state index contributed by atoms with van der Waals surface area (Å²) in [5, 5.41) is 0.689. The van der Waals surface area contributed by atoms with Crippen LogP contribution >= 0.6 is 11.6 Å². The van der Waals surface area contributed by atoms with E-state index in [-0.39, 0.29) is 15.2 Å². The first kappa shape index (κ1) is 9.39. The van der Waals surface area contributed by atoms with Crippen LogP contribution in [0.15, 0.2) is 24.3 Å². The zero-order chi connectivity index (χ0) is 8.97. The van der Waals surface area contributed by atoms with E-state index in [1.54, 1.807) is 12.1 Å². The first-order valence-electron chi connectivity index (χ1n) is 3.16. The van der Waals surface area contributed by atoms with Crippen LogP contribution in [0.4, 0.5) is 4.79 Å². The molecule has 0 saturated heterocycles. The fourth-order valence-corrected chi connectivity index (χ4v) is 1.77. The first-order chi connectivity index (χ1) is 5.68. The molecule has 0 aliphatic carbocycles. The number of hydrogen-bond donors (Lipinski definition) is 2. The Morgan fingerprint density at radius 2 is 2.00 bits per heavy atom. The number of primary amides is 1. The fourth-order valence-electron chi connectivity index (χ4n) is 0.612. The third kappa shape index (κ3) is 3.13. The molecule has 0 aliphatic rings. The molecule has 3 N–H and O–H groups in total. The molecule has 1 rings (SSSR count). The van der Waals surface area contributed by atoms with E-state index in [1.807, 2.05) is 12.1 Å². The standard InChI is InChI=1S/C7H7ClN2OSe/c8-5-1-3-6(4-2-5)12-10-7(9)11/h1-4H,(H3,9,10,11). The maximum absolute atomic E-state index is 10.3. The van der Waals surface area contributed by atoms with Gasteiger partial charge in [-0.15, -0.1) is 0 Å². The Morgan fingerprint density at radius 3 is 2.50 bits per heavy atom. The van der Waals surface area contributed by atoms with E-state index in [0.717, 1.165) is 4.46 Å². The first-order valence-corrected chi connectivity index (χ1v) is 5.25. The van der Waals surface area contributed by atoms with Gasteiger partial charge in [-0.1, -0.05) is 0 Å². The molecule has 0 bridgehead atoms. The Kier molecular flexibility index (Phi) is 3.41. The number of nitrogens with one attached hydrogen (secondary N) is 1. The van der Waals surface area contributed by atoms with Crippen LogP contribution in [-0.2, 0) is 0 Å². The van der Waals surface area contributed by atoms with Crippen LogP contribution in [0.25, 0.3) is 0 Å². The molecule has 0 fully saturated rings. The van der Waals surface area contributed by atoms with Crippen molar-refractivity contribution in [1.29, 1.82) is 0 Å². The second-order valence-corrected chi connectivity index (χ2v) is 4.30. The van der Waals surface area contributed by atoms with Crippen molar-refractivity contribution in [3.63, 3.8) is 0 Å². The molecule has 1 aromatic rings. The van der Waals surface area contributed by atoms with Crippen molar-refractivity contribution in [3.05, 3.63) is 29.3 Å². The van der Waals surface area contributed by atoms with Crippen LogP contribution < -0.4 is 14.5 Å². The van der Waals surface area contributed by atoms with E-state index < -0.39 is 6.03 Å². The Morgan fingerprint density at radius 1 is 1.42 bits per heavy atom. The molecule has 0 unspecified atom stereocenters. The van der Waals surface area contributed by atoms with Gasteiger partial charge in [-0.05, 0) is 0 Å². The normalized spacial score (nSPS) is 9.42. The van der Waals surface area contributed by atoms with Crippen LogP contribution in [0, 0.1) is 0 Å². The van der Waals surface area contributed by atoms with E-state index in [0.29, 0.717) is 5.02 Å². The molecular formula is C7H7ClN2OSe. The van der Waals surface area contributed by atoms with E-state index in [4.69, 9.17) is 17.3 Å². The SMILES string of the molecule is NC(=O)N[Se]c1ccc(Cl)cc1.